The first kappa shape index (κ1) is 16.0. The average Bonchev–Trinajstić information content (AvgIpc) is 2.49. The molecule has 0 saturated heterocycles. The molecular formula is C16H24N2O2S. The average molecular weight is 308 g/mol. The summed E-state index contributed by atoms with van der Waals surface area (Å²) in [7, 11) is -0.755. The van der Waals surface area contributed by atoms with Gasteiger partial charge in [0.05, 0.1) is 6.42 Å². The first-order chi connectivity index (χ1) is 10.1. The largest absolute Gasteiger partial charge is 0.399 e. The Kier molecular flexibility index (Phi) is 5.79. The quantitative estimate of drug-likeness (QED) is 0.817. The molecule has 3 N–H and O–H groups in total. The molecule has 4 nitrogen and oxygen atoms in total. The molecule has 1 saturated carbocycles. The molecule has 1 aromatic rings. The third-order valence-electron chi connectivity index (χ3n) is 3.99. The van der Waals surface area contributed by atoms with Crippen molar-refractivity contribution in [1.29, 1.82) is 0 Å². The summed E-state index contributed by atoms with van der Waals surface area (Å²) in [6.07, 6.45) is 4.27. The lowest BCUT2D eigenvalue weighted by Gasteiger charge is -2.29. The summed E-state index contributed by atoms with van der Waals surface area (Å²) in [5.74, 6) is 0.740. The highest BCUT2D eigenvalue weighted by atomic mass is 32.2. The highest BCUT2D eigenvalue weighted by molar-refractivity contribution is 7.85. The second kappa shape index (κ2) is 7.59. The minimum Gasteiger partial charge on any atom is -0.399 e. The van der Waals surface area contributed by atoms with Crippen molar-refractivity contribution < 1.29 is 9.00 Å². The van der Waals surface area contributed by atoms with Crippen molar-refractivity contribution in [3.63, 3.8) is 0 Å². The maximum absolute atomic E-state index is 12.1. The molecule has 0 radical (unpaired) electrons. The molecule has 0 aliphatic heterocycles. The Morgan fingerprint density at radius 2 is 2.05 bits per heavy atom. The van der Waals surface area contributed by atoms with E-state index in [4.69, 9.17) is 5.73 Å². The van der Waals surface area contributed by atoms with E-state index < -0.39 is 10.8 Å². The van der Waals surface area contributed by atoms with Crippen molar-refractivity contribution in [1.82, 2.24) is 5.32 Å². The van der Waals surface area contributed by atoms with Crippen LogP contribution in [0.15, 0.2) is 24.3 Å². The first-order valence-corrected chi connectivity index (χ1v) is 8.97. The van der Waals surface area contributed by atoms with Crippen LogP contribution in [0.1, 0.15) is 38.2 Å². The number of carbonyl (C=O) groups is 1. The SMILES string of the molecule is CCS(=O)C1CCCC(NC(=O)Cc2ccc(N)cc2)C1. The number of hydrogen-bond acceptors (Lipinski definition) is 3. The van der Waals surface area contributed by atoms with Gasteiger partial charge in [-0.15, -0.1) is 0 Å². The molecule has 0 spiro atoms. The predicted octanol–water partition coefficient (Wildman–Crippen LogP) is 2.01. The number of nitrogen functional groups attached to an aromatic ring is 1. The van der Waals surface area contributed by atoms with E-state index in [2.05, 4.69) is 5.32 Å². The van der Waals surface area contributed by atoms with Crippen LogP contribution in [0, 0.1) is 0 Å². The summed E-state index contributed by atoms with van der Waals surface area (Å²) >= 11 is 0. The van der Waals surface area contributed by atoms with Crippen LogP contribution in [0.2, 0.25) is 0 Å². The fraction of sp³-hybridized carbons (Fsp3) is 0.562. The standard InChI is InChI=1S/C16H24N2O2S/c1-2-21(20)15-5-3-4-14(11-15)18-16(19)10-12-6-8-13(17)9-7-12/h6-9,14-15H,2-5,10-11,17H2,1H3,(H,18,19). The van der Waals surface area contributed by atoms with E-state index in [1.165, 1.54) is 0 Å². The van der Waals surface area contributed by atoms with E-state index in [0.717, 1.165) is 31.2 Å². The Bertz CT molecular complexity index is 502. The van der Waals surface area contributed by atoms with Gasteiger partial charge in [0.2, 0.25) is 5.91 Å². The van der Waals surface area contributed by atoms with Crippen LogP contribution in [0.25, 0.3) is 0 Å². The lowest BCUT2D eigenvalue weighted by atomic mass is 9.94. The minimum absolute atomic E-state index is 0.0349. The normalized spacial score (nSPS) is 23.5. The van der Waals surface area contributed by atoms with Crippen LogP contribution in [-0.2, 0) is 22.0 Å². The number of nitrogens with two attached hydrogens (primary N) is 1. The number of amides is 1. The fourth-order valence-corrected chi connectivity index (χ4v) is 4.20. The number of rotatable bonds is 5. The lowest BCUT2D eigenvalue weighted by Crippen LogP contribution is -2.41. The van der Waals surface area contributed by atoms with Gasteiger partial charge < -0.3 is 11.1 Å². The Labute approximate surface area is 129 Å². The molecule has 3 atom stereocenters. The molecule has 0 bridgehead atoms. The molecule has 116 valence electrons. The second-order valence-corrected chi connectivity index (χ2v) is 7.65. The molecule has 0 aromatic heterocycles. The van der Waals surface area contributed by atoms with Crippen LogP contribution in [0.4, 0.5) is 5.69 Å². The molecule has 2 rings (SSSR count). The van der Waals surface area contributed by atoms with Gasteiger partial charge in [-0.25, -0.2) is 0 Å². The van der Waals surface area contributed by atoms with E-state index in [0.29, 0.717) is 17.9 Å². The van der Waals surface area contributed by atoms with E-state index >= 15 is 0 Å². The third-order valence-corrected chi connectivity index (χ3v) is 5.73. The summed E-state index contributed by atoms with van der Waals surface area (Å²) in [6, 6.07) is 7.54. The van der Waals surface area contributed by atoms with Crippen LogP contribution >= 0.6 is 0 Å². The maximum Gasteiger partial charge on any atom is 0.224 e. The van der Waals surface area contributed by atoms with Crippen molar-refractivity contribution >= 4 is 22.4 Å². The van der Waals surface area contributed by atoms with Crippen molar-refractivity contribution in [2.45, 2.75) is 50.3 Å². The predicted molar refractivity (Wildman–Crippen MR) is 87.4 cm³/mol. The summed E-state index contributed by atoms with van der Waals surface area (Å²) in [5, 5.41) is 3.33. The van der Waals surface area contributed by atoms with Crippen molar-refractivity contribution in [3.8, 4) is 0 Å². The Balaban J connectivity index is 1.84. The Morgan fingerprint density at radius 1 is 1.33 bits per heavy atom. The van der Waals surface area contributed by atoms with E-state index in [9.17, 15) is 9.00 Å². The molecule has 3 unspecified atom stereocenters. The van der Waals surface area contributed by atoms with Gasteiger partial charge in [-0.05, 0) is 37.0 Å². The summed E-state index contributed by atoms with van der Waals surface area (Å²) in [4.78, 5) is 12.1. The van der Waals surface area contributed by atoms with Gasteiger partial charge in [-0.3, -0.25) is 9.00 Å². The van der Waals surface area contributed by atoms with Gasteiger partial charge in [0.25, 0.3) is 0 Å². The van der Waals surface area contributed by atoms with Gasteiger partial charge in [-0.1, -0.05) is 25.5 Å². The molecule has 1 aliphatic rings. The van der Waals surface area contributed by atoms with Crippen LogP contribution < -0.4 is 11.1 Å². The molecule has 5 heteroatoms. The summed E-state index contributed by atoms with van der Waals surface area (Å²) in [6.45, 7) is 1.96. The topological polar surface area (TPSA) is 72.2 Å². The highest BCUT2D eigenvalue weighted by Crippen LogP contribution is 2.23. The van der Waals surface area contributed by atoms with Crippen LogP contribution in [0.5, 0.6) is 0 Å². The molecule has 1 fully saturated rings. The van der Waals surface area contributed by atoms with Crippen molar-refractivity contribution in [3.05, 3.63) is 29.8 Å². The van der Waals surface area contributed by atoms with E-state index in [1.807, 2.05) is 31.2 Å². The molecule has 21 heavy (non-hydrogen) atoms. The number of anilines is 1. The number of benzene rings is 1. The van der Waals surface area contributed by atoms with Crippen molar-refractivity contribution in [2.24, 2.45) is 0 Å². The Morgan fingerprint density at radius 3 is 2.71 bits per heavy atom. The molecular weight excluding hydrogens is 284 g/mol. The summed E-state index contributed by atoms with van der Waals surface area (Å²) in [5.41, 5.74) is 7.30. The molecule has 1 amide bonds. The smallest absolute Gasteiger partial charge is 0.224 e. The zero-order valence-corrected chi connectivity index (χ0v) is 13.3. The zero-order valence-electron chi connectivity index (χ0n) is 12.5. The molecule has 1 aliphatic carbocycles. The van der Waals surface area contributed by atoms with E-state index in [1.54, 1.807) is 0 Å². The first-order valence-electron chi connectivity index (χ1n) is 7.59. The molecule has 0 heterocycles. The van der Waals surface area contributed by atoms with Gasteiger partial charge in [0.1, 0.15) is 0 Å². The fourth-order valence-electron chi connectivity index (χ4n) is 2.85. The van der Waals surface area contributed by atoms with E-state index in [-0.39, 0.29) is 17.2 Å². The van der Waals surface area contributed by atoms with Gasteiger partial charge in [0.15, 0.2) is 0 Å². The van der Waals surface area contributed by atoms with Crippen LogP contribution in [-0.4, -0.2) is 27.2 Å². The van der Waals surface area contributed by atoms with Crippen LogP contribution in [0.3, 0.4) is 0 Å². The number of carbonyl (C=O) groups excluding carboxylic acids is 1. The van der Waals surface area contributed by atoms with Gasteiger partial charge >= 0.3 is 0 Å². The zero-order chi connectivity index (χ0) is 15.2. The lowest BCUT2D eigenvalue weighted by molar-refractivity contribution is -0.121. The highest BCUT2D eigenvalue weighted by Gasteiger charge is 2.26. The summed E-state index contributed by atoms with van der Waals surface area (Å²) < 4.78 is 11.9. The van der Waals surface area contributed by atoms with Gasteiger partial charge in [-0.2, -0.15) is 0 Å². The third kappa shape index (κ3) is 4.84. The van der Waals surface area contributed by atoms with Crippen molar-refractivity contribution in [2.75, 3.05) is 11.5 Å². The second-order valence-electron chi connectivity index (χ2n) is 5.64. The monoisotopic (exact) mass is 308 g/mol. The minimum atomic E-state index is -0.755. The van der Waals surface area contributed by atoms with Gasteiger partial charge in [0, 0.05) is 33.5 Å². The molecule has 1 aromatic carbocycles. The number of hydrogen-bond donors (Lipinski definition) is 2. The Hall–Kier alpha value is -1.36. The maximum atomic E-state index is 12.1. The number of nitrogens with one attached hydrogen (secondary N) is 1.